The predicted octanol–water partition coefficient (Wildman–Crippen LogP) is 6.09. The lowest BCUT2D eigenvalue weighted by molar-refractivity contribution is 0.276. The summed E-state index contributed by atoms with van der Waals surface area (Å²) >= 11 is 12.0. The molecule has 0 aliphatic rings. The molecule has 0 bridgehead atoms. The summed E-state index contributed by atoms with van der Waals surface area (Å²) in [7, 11) is 6.25. The van der Waals surface area contributed by atoms with Gasteiger partial charge in [0.2, 0.25) is 0 Å². The van der Waals surface area contributed by atoms with Gasteiger partial charge in [0.05, 0.1) is 22.8 Å². The SMILES string of the molecule is CN(C)CCCOc1cccc(CN(C)Cc2ccc(COc3ncc(-c4cc(Cl)c(O)c(Cl)c4)nn3)cc2)c1. The van der Waals surface area contributed by atoms with Gasteiger partial charge in [0.25, 0.3) is 0 Å². The minimum Gasteiger partial charge on any atom is -0.505 e. The molecular formula is C30H33Cl2N5O3. The van der Waals surface area contributed by atoms with Gasteiger partial charge in [-0.05, 0) is 68.5 Å². The van der Waals surface area contributed by atoms with Crippen molar-refractivity contribution in [1.29, 1.82) is 0 Å². The van der Waals surface area contributed by atoms with Gasteiger partial charge < -0.3 is 19.5 Å². The highest BCUT2D eigenvalue weighted by Gasteiger charge is 2.11. The monoisotopic (exact) mass is 581 g/mol. The number of hydrogen-bond donors (Lipinski definition) is 1. The van der Waals surface area contributed by atoms with Gasteiger partial charge in [0.1, 0.15) is 18.1 Å². The molecular weight excluding hydrogens is 549 g/mol. The van der Waals surface area contributed by atoms with Crippen LogP contribution in [0.5, 0.6) is 17.5 Å². The molecule has 0 radical (unpaired) electrons. The normalized spacial score (nSPS) is 11.3. The first kappa shape index (κ1) is 29.6. The summed E-state index contributed by atoms with van der Waals surface area (Å²) in [5.41, 5.74) is 4.47. The van der Waals surface area contributed by atoms with Gasteiger partial charge in [0.15, 0.2) is 5.75 Å². The van der Waals surface area contributed by atoms with Crippen LogP contribution in [0.1, 0.15) is 23.1 Å². The highest BCUT2D eigenvalue weighted by Crippen LogP contribution is 2.35. The largest absolute Gasteiger partial charge is 0.505 e. The fraction of sp³-hybridized carbons (Fsp3) is 0.300. The number of hydrogen-bond acceptors (Lipinski definition) is 8. The predicted molar refractivity (Wildman–Crippen MR) is 158 cm³/mol. The molecule has 1 N–H and O–H groups in total. The van der Waals surface area contributed by atoms with Gasteiger partial charge in [-0.3, -0.25) is 4.90 Å². The smallest absolute Gasteiger partial charge is 0.336 e. The lowest BCUT2D eigenvalue weighted by Gasteiger charge is -2.18. The summed E-state index contributed by atoms with van der Waals surface area (Å²) in [6, 6.07) is 19.8. The number of aromatic hydroxyl groups is 1. The maximum Gasteiger partial charge on any atom is 0.336 e. The lowest BCUT2D eigenvalue weighted by atomic mass is 10.1. The van der Waals surface area contributed by atoms with Crippen LogP contribution in [0, 0.1) is 0 Å². The molecule has 0 aliphatic carbocycles. The average Bonchev–Trinajstić information content (AvgIpc) is 2.94. The summed E-state index contributed by atoms with van der Waals surface area (Å²) in [6.07, 6.45) is 2.52. The van der Waals surface area contributed by atoms with Crippen LogP contribution in [0.25, 0.3) is 11.3 Å². The van der Waals surface area contributed by atoms with Gasteiger partial charge >= 0.3 is 6.01 Å². The van der Waals surface area contributed by atoms with Crippen LogP contribution >= 0.6 is 23.2 Å². The van der Waals surface area contributed by atoms with Crippen molar-refractivity contribution in [1.82, 2.24) is 25.0 Å². The molecule has 0 aliphatic heterocycles. The van der Waals surface area contributed by atoms with E-state index in [4.69, 9.17) is 32.7 Å². The third-order valence-electron chi connectivity index (χ3n) is 6.07. The first-order valence-corrected chi connectivity index (χ1v) is 13.7. The van der Waals surface area contributed by atoms with Crippen LogP contribution in [0.2, 0.25) is 10.0 Å². The molecule has 0 saturated heterocycles. The van der Waals surface area contributed by atoms with Crippen molar-refractivity contribution in [2.75, 3.05) is 34.3 Å². The van der Waals surface area contributed by atoms with Crippen molar-refractivity contribution in [3.05, 3.63) is 93.6 Å². The molecule has 1 heterocycles. The zero-order valence-electron chi connectivity index (χ0n) is 22.8. The minimum atomic E-state index is -0.174. The van der Waals surface area contributed by atoms with Crippen molar-refractivity contribution in [3.63, 3.8) is 0 Å². The van der Waals surface area contributed by atoms with Gasteiger partial charge in [-0.1, -0.05) is 64.7 Å². The number of rotatable bonds is 13. The molecule has 0 fully saturated rings. The van der Waals surface area contributed by atoms with E-state index >= 15 is 0 Å². The fourth-order valence-electron chi connectivity index (χ4n) is 4.05. The molecule has 0 spiro atoms. The Balaban J connectivity index is 1.24. The Bertz CT molecular complexity index is 1360. The van der Waals surface area contributed by atoms with E-state index < -0.39 is 0 Å². The molecule has 210 valence electrons. The summed E-state index contributed by atoms with van der Waals surface area (Å²) < 4.78 is 11.6. The van der Waals surface area contributed by atoms with E-state index in [0.29, 0.717) is 24.5 Å². The Kier molecular flexibility index (Phi) is 10.5. The summed E-state index contributed by atoms with van der Waals surface area (Å²) in [4.78, 5) is 8.65. The molecule has 3 aromatic carbocycles. The summed E-state index contributed by atoms with van der Waals surface area (Å²) in [6.45, 7) is 3.68. The zero-order chi connectivity index (χ0) is 28.5. The number of ether oxygens (including phenoxy) is 2. The molecule has 4 aromatic rings. The maximum atomic E-state index is 9.73. The van der Waals surface area contributed by atoms with Crippen LogP contribution < -0.4 is 9.47 Å². The Morgan fingerprint density at radius 2 is 1.52 bits per heavy atom. The highest BCUT2D eigenvalue weighted by atomic mass is 35.5. The second-order valence-corrected chi connectivity index (χ2v) is 10.7. The molecule has 40 heavy (non-hydrogen) atoms. The molecule has 0 unspecified atom stereocenters. The van der Waals surface area contributed by atoms with Gasteiger partial charge in [-0.15, -0.1) is 5.10 Å². The lowest BCUT2D eigenvalue weighted by Crippen LogP contribution is -2.17. The first-order chi connectivity index (χ1) is 19.3. The van der Waals surface area contributed by atoms with Crippen molar-refractivity contribution < 1.29 is 14.6 Å². The van der Waals surface area contributed by atoms with E-state index in [1.165, 1.54) is 17.3 Å². The third-order valence-corrected chi connectivity index (χ3v) is 6.64. The van der Waals surface area contributed by atoms with Crippen LogP contribution in [-0.2, 0) is 19.7 Å². The first-order valence-electron chi connectivity index (χ1n) is 12.9. The third kappa shape index (κ3) is 8.79. The molecule has 0 atom stereocenters. The standard InChI is InChI=1S/C30H33Cl2N5O3/c1-36(2)12-5-13-39-25-7-4-6-23(14-25)19-37(3)18-21-8-10-22(11-9-21)20-40-30-33-17-28(34-35-30)24-15-26(31)29(38)27(32)16-24/h4,6-11,14-17,38H,5,12-13,18-20H2,1-3H3. The topological polar surface area (TPSA) is 83.8 Å². The highest BCUT2D eigenvalue weighted by molar-refractivity contribution is 6.37. The zero-order valence-corrected chi connectivity index (χ0v) is 24.4. The van der Waals surface area contributed by atoms with E-state index in [2.05, 4.69) is 70.4 Å². The second-order valence-electron chi connectivity index (χ2n) is 9.84. The summed E-state index contributed by atoms with van der Waals surface area (Å²) in [5.74, 6) is 0.740. The number of aromatic nitrogens is 3. The van der Waals surface area contributed by atoms with E-state index in [1.807, 2.05) is 24.3 Å². The fourth-order valence-corrected chi connectivity index (χ4v) is 4.54. The Morgan fingerprint density at radius 1 is 0.825 bits per heavy atom. The Hall–Kier alpha value is -3.43. The van der Waals surface area contributed by atoms with Gasteiger partial charge in [-0.2, -0.15) is 0 Å². The van der Waals surface area contributed by atoms with Crippen molar-refractivity contribution >= 4 is 23.2 Å². The van der Waals surface area contributed by atoms with Crippen molar-refractivity contribution in [2.24, 2.45) is 0 Å². The number of phenols is 1. The van der Waals surface area contributed by atoms with E-state index in [1.54, 1.807) is 12.1 Å². The van der Waals surface area contributed by atoms with E-state index in [0.717, 1.165) is 37.4 Å². The quantitative estimate of drug-likeness (QED) is 0.190. The minimum absolute atomic E-state index is 0.129. The summed E-state index contributed by atoms with van der Waals surface area (Å²) in [5, 5.41) is 18.2. The van der Waals surface area contributed by atoms with Crippen molar-refractivity contribution in [2.45, 2.75) is 26.1 Å². The van der Waals surface area contributed by atoms with Crippen LogP contribution in [-0.4, -0.2) is 64.4 Å². The van der Waals surface area contributed by atoms with Crippen molar-refractivity contribution in [3.8, 4) is 28.8 Å². The Labute approximate surface area is 245 Å². The number of halogens is 2. The van der Waals surface area contributed by atoms with E-state index in [-0.39, 0.29) is 21.8 Å². The molecule has 0 amide bonds. The van der Waals surface area contributed by atoms with Crippen LogP contribution in [0.3, 0.4) is 0 Å². The Morgan fingerprint density at radius 3 is 2.20 bits per heavy atom. The van der Waals surface area contributed by atoms with Gasteiger partial charge in [0, 0.05) is 25.2 Å². The second kappa shape index (κ2) is 14.3. The van der Waals surface area contributed by atoms with E-state index in [9.17, 15) is 5.11 Å². The maximum absolute atomic E-state index is 9.73. The van der Waals surface area contributed by atoms with Crippen LogP contribution in [0.4, 0.5) is 0 Å². The average molecular weight is 583 g/mol. The molecule has 1 aromatic heterocycles. The molecule has 8 nitrogen and oxygen atoms in total. The molecule has 0 saturated carbocycles. The van der Waals surface area contributed by atoms with Gasteiger partial charge in [-0.25, -0.2) is 4.98 Å². The molecule has 10 heteroatoms. The molecule has 4 rings (SSSR count). The number of phenolic OH excluding ortho intramolecular Hbond substituents is 1. The number of nitrogens with zero attached hydrogens (tertiary/aromatic N) is 5. The number of benzene rings is 3. The van der Waals surface area contributed by atoms with Crippen LogP contribution in [0.15, 0.2) is 66.9 Å².